The van der Waals surface area contributed by atoms with Crippen molar-refractivity contribution < 1.29 is 23.8 Å². The number of carbonyl (C=O) groups excluding carboxylic acids is 2. The first-order valence-electron chi connectivity index (χ1n) is 8.83. The van der Waals surface area contributed by atoms with E-state index in [1.165, 1.54) is 18.1 Å². The Bertz CT molecular complexity index is 627. The summed E-state index contributed by atoms with van der Waals surface area (Å²) in [6.45, 7) is 6.44. The molecule has 6 nitrogen and oxygen atoms in total. The van der Waals surface area contributed by atoms with E-state index < -0.39 is 5.97 Å². The molecular formula is C20H29NO5. The summed E-state index contributed by atoms with van der Waals surface area (Å²) >= 11 is 0. The summed E-state index contributed by atoms with van der Waals surface area (Å²) < 4.78 is 15.6. The predicted octanol–water partition coefficient (Wildman–Crippen LogP) is 3.30. The van der Waals surface area contributed by atoms with Gasteiger partial charge in [-0.25, -0.2) is 0 Å². The van der Waals surface area contributed by atoms with Crippen LogP contribution in [0.3, 0.4) is 0 Å². The van der Waals surface area contributed by atoms with E-state index in [-0.39, 0.29) is 18.5 Å². The molecular weight excluding hydrogens is 334 g/mol. The van der Waals surface area contributed by atoms with Gasteiger partial charge in [-0.1, -0.05) is 19.9 Å². The van der Waals surface area contributed by atoms with Crippen LogP contribution in [0.2, 0.25) is 0 Å². The molecule has 0 radical (unpaired) electrons. The predicted molar refractivity (Wildman–Crippen MR) is 101 cm³/mol. The van der Waals surface area contributed by atoms with Crippen LogP contribution < -0.4 is 9.47 Å². The standard InChI is InChI=1S/C20H29NO5/c1-6-12-26-17-10-8-16(13-18(17)24-4)9-11-19(22)21(15(3)7-2)14-20(23)25-5/h8-11,13,15H,6-7,12,14H2,1-5H3/b11-9+. The highest BCUT2D eigenvalue weighted by Crippen LogP contribution is 2.28. The van der Waals surface area contributed by atoms with Crippen LogP contribution in [0.4, 0.5) is 0 Å². The fourth-order valence-corrected chi connectivity index (χ4v) is 2.26. The lowest BCUT2D eigenvalue weighted by molar-refractivity contribution is -0.146. The van der Waals surface area contributed by atoms with Crippen LogP contribution in [-0.4, -0.2) is 50.2 Å². The summed E-state index contributed by atoms with van der Waals surface area (Å²) in [7, 11) is 2.89. The van der Waals surface area contributed by atoms with Crippen molar-refractivity contribution in [2.24, 2.45) is 0 Å². The van der Waals surface area contributed by atoms with Gasteiger partial charge < -0.3 is 19.1 Å². The summed E-state index contributed by atoms with van der Waals surface area (Å²) in [6, 6.07) is 5.42. The highest BCUT2D eigenvalue weighted by atomic mass is 16.5. The van der Waals surface area contributed by atoms with Gasteiger partial charge in [0.15, 0.2) is 11.5 Å². The summed E-state index contributed by atoms with van der Waals surface area (Å²) in [5, 5.41) is 0. The molecule has 0 aliphatic rings. The zero-order chi connectivity index (χ0) is 19.5. The van der Waals surface area contributed by atoms with Gasteiger partial charge in [0.1, 0.15) is 6.54 Å². The van der Waals surface area contributed by atoms with Crippen LogP contribution in [0.15, 0.2) is 24.3 Å². The highest BCUT2D eigenvalue weighted by molar-refractivity contribution is 5.94. The van der Waals surface area contributed by atoms with Crippen molar-refractivity contribution in [3.05, 3.63) is 29.8 Å². The van der Waals surface area contributed by atoms with Crippen LogP contribution in [0.5, 0.6) is 11.5 Å². The third-order valence-electron chi connectivity index (χ3n) is 4.00. The second-order valence-electron chi connectivity index (χ2n) is 5.89. The van der Waals surface area contributed by atoms with Crippen molar-refractivity contribution in [2.45, 2.75) is 39.7 Å². The molecule has 0 aliphatic carbocycles. The molecule has 0 saturated heterocycles. The van der Waals surface area contributed by atoms with Crippen LogP contribution in [0.25, 0.3) is 6.08 Å². The van der Waals surface area contributed by atoms with Crippen LogP contribution in [0, 0.1) is 0 Å². The maximum atomic E-state index is 12.5. The molecule has 0 saturated carbocycles. The third kappa shape index (κ3) is 6.43. The third-order valence-corrected chi connectivity index (χ3v) is 4.00. The minimum atomic E-state index is -0.439. The molecule has 1 rings (SSSR count). The highest BCUT2D eigenvalue weighted by Gasteiger charge is 2.20. The fraction of sp³-hybridized carbons (Fsp3) is 0.500. The Morgan fingerprint density at radius 1 is 1.19 bits per heavy atom. The van der Waals surface area contributed by atoms with Crippen molar-refractivity contribution in [3.8, 4) is 11.5 Å². The Kier molecular flexibility index (Phi) is 9.26. The number of amides is 1. The molecule has 1 atom stereocenters. The first-order chi connectivity index (χ1) is 12.5. The molecule has 1 aromatic carbocycles. The van der Waals surface area contributed by atoms with Crippen LogP contribution in [0.1, 0.15) is 39.2 Å². The molecule has 0 bridgehead atoms. The number of hydrogen-bond donors (Lipinski definition) is 0. The molecule has 0 fully saturated rings. The van der Waals surface area contributed by atoms with Gasteiger partial charge in [-0.05, 0) is 43.5 Å². The number of nitrogens with zero attached hydrogens (tertiary/aromatic N) is 1. The van der Waals surface area contributed by atoms with Gasteiger partial charge in [-0.2, -0.15) is 0 Å². The molecule has 0 aliphatic heterocycles. The summed E-state index contributed by atoms with van der Waals surface area (Å²) in [5.74, 6) is 0.604. The fourth-order valence-electron chi connectivity index (χ4n) is 2.26. The normalized spacial score (nSPS) is 11.9. The molecule has 26 heavy (non-hydrogen) atoms. The van der Waals surface area contributed by atoms with Gasteiger partial charge >= 0.3 is 5.97 Å². The van der Waals surface area contributed by atoms with E-state index in [4.69, 9.17) is 9.47 Å². The number of methoxy groups -OCH3 is 2. The zero-order valence-corrected chi connectivity index (χ0v) is 16.3. The van der Waals surface area contributed by atoms with Crippen molar-refractivity contribution in [1.82, 2.24) is 4.90 Å². The topological polar surface area (TPSA) is 65.1 Å². The maximum absolute atomic E-state index is 12.5. The first-order valence-corrected chi connectivity index (χ1v) is 8.83. The van der Waals surface area contributed by atoms with Gasteiger partial charge in [-0.3, -0.25) is 9.59 Å². The van der Waals surface area contributed by atoms with E-state index in [9.17, 15) is 9.59 Å². The number of esters is 1. The average molecular weight is 363 g/mol. The average Bonchev–Trinajstić information content (AvgIpc) is 2.67. The number of carbonyl (C=O) groups is 2. The molecule has 0 heterocycles. The van der Waals surface area contributed by atoms with E-state index in [2.05, 4.69) is 4.74 Å². The van der Waals surface area contributed by atoms with Crippen molar-refractivity contribution in [2.75, 3.05) is 27.4 Å². The Balaban J connectivity index is 2.91. The van der Waals surface area contributed by atoms with Crippen molar-refractivity contribution in [1.29, 1.82) is 0 Å². The smallest absolute Gasteiger partial charge is 0.325 e. The number of rotatable bonds is 10. The first kappa shape index (κ1) is 21.5. The number of benzene rings is 1. The molecule has 1 aromatic rings. The minimum Gasteiger partial charge on any atom is -0.493 e. The Morgan fingerprint density at radius 3 is 2.50 bits per heavy atom. The van der Waals surface area contributed by atoms with E-state index in [0.717, 1.165) is 18.4 Å². The molecule has 144 valence electrons. The Morgan fingerprint density at radius 2 is 1.92 bits per heavy atom. The molecule has 0 spiro atoms. The molecule has 1 unspecified atom stereocenters. The molecule has 1 amide bonds. The lowest BCUT2D eigenvalue weighted by atomic mass is 10.1. The van der Waals surface area contributed by atoms with Crippen LogP contribution >= 0.6 is 0 Å². The van der Waals surface area contributed by atoms with Crippen molar-refractivity contribution >= 4 is 18.0 Å². The molecule has 0 N–H and O–H groups in total. The van der Waals surface area contributed by atoms with E-state index in [1.807, 2.05) is 39.0 Å². The monoisotopic (exact) mass is 363 g/mol. The lowest BCUT2D eigenvalue weighted by Gasteiger charge is -2.26. The molecule has 0 aromatic heterocycles. The van der Waals surface area contributed by atoms with E-state index >= 15 is 0 Å². The van der Waals surface area contributed by atoms with E-state index in [0.29, 0.717) is 18.1 Å². The van der Waals surface area contributed by atoms with Crippen molar-refractivity contribution in [3.63, 3.8) is 0 Å². The largest absolute Gasteiger partial charge is 0.493 e. The van der Waals surface area contributed by atoms with Crippen LogP contribution in [-0.2, 0) is 14.3 Å². The number of hydrogen-bond acceptors (Lipinski definition) is 5. The summed E-state index contributed by atoms with van der Waals surface area (Å²) in [5.41, 5.74) is 0.807. The maximum Gasteiger partial charge on any atom is 0.325 e. The zero-order valence-electron chi connectivity index (χ0n) is 16.3. The number of ether oxygens (including phenoxy) is 3. The molecule has 6 heteroatoms. The summed E-state index contributed by atoms with van der Waals surface area (Å²) in [6.07, 6.45) is 4.80. The van der Waals surface area contributed by atoms with E-state index in [1.54, 1.807) is 13.2 Å². The summed E-state index contributed by atoms with van der Waals surface area (Å²) in [4.78, 5) is 25.6. The minimum absolute atomic E-state index is 0.0643. The quantitative estimate of drug-likeness (QED) is 0.471. The Hall–Kier alpha value is -2.50. The van der Waals surface area contributed by atoms with Gasteiger partial charge in [0.2, 0.25) is 5.91 Å². The second-order valence-corrected chi connectivity index (χ2v) is 5.89. The second kappa shape index (κ2) is 11.2. The Labute approximate surface area is 155 Å². The SMILES string of the molecule is CCCOc1ccc(/C=C/C(=O)N(CC(=O)OC)C(C)CC)cc1OC. The van der Waals surface area contributed by atoms with Gasteiger partial charge in [0.05, 0.1) is 20.8 Å². The van der Waals surface area contributed by atoms with Gasteiger partial charge in [0, 0.05) is 12.1 Å². The van der Waals surface area contributed by atoms with Gasteiger partial charge in [0.25, 0.3) is 0 Å². The van der Waals surface area contributed by atoms with Gasteiger partial charge in [-0.15, -0.1) is 0 Å². The lowest BCUT2D eigenvalue weighted by Crippen LogP contribution is -2.41.